The molecule has 1 saturated heterocycles. The minimum Gasteiger partial charge on any atom is -0.444 e. The van der Waals surface area contributed by atoms with Crippen LogP contribution in [0.2, 0.25) is 0 Å². The highest BCUT2D eigenvalue weighted by molar-refractivity contribution is 8.00. The van der Waals surface area contributed by atoms with Gasteiger partial charge in [0.1, 0.15) is 23.6 Å². The summed E-state index contributed by atoms with van der Waals surface area (Å²) in [4.78, 5) is 43.1. The average Bonchev–Trinajstić information content (AvgIpc) is 3.42. The number of carbonyl (C=O) groups is 2. The molecule has 3 aliphatic rings. The van der Waals surface area contributed by atoms with Crippen LogP contribution >= 0.6 is 11.8 Å². The number of anilines is 2. The molecule has 0 bridgehead atoms. The van der Waals surface area contributed by atoms with E-state index >= 15 is 0 Å². The normalized spacial score (nSPS) is 20.8. The minimum absolute atomic E-state index is 0.119. The summed E-state index contributed by atoms with van der Waals surface area (Å²) >= 11 is 1.41. The summed E-state index contributed by atoms with van der Waals surface area (Å²) in [7, 11) is 0. The smallest absolute Gasteiger partial charge is 0.415 e. The van der Waals surface area contributed by atoms with Gasteiger partial charge in [-0.15, -0.1) is 11.8 Å². The van der Waals surface area contributed by atoms with Crippen molar-refractivity contribution in [2.45, 2.75) is 29.9 Å². The predicted molar refractivity (Wildman–Crippen MR) is 130 cm³/mol. The Balaban J connectivity index is 1.06. The standard InChI is InChI=1S/C24H22FN5O4S/c25-16-3-1-13-2-6-20(32)30-10-14(21(16)22(13)30)9-26-8-7-15-11-29(24(33)34-15)18-5-4-17-23(27-18)28-19(31)12-35-17/h1-6,14-15,26H,7-12H2,(H,27,28,31)/t14-,15-/m0/s1. The Morgan fingerprint density at radius 1 is 1.14 bits per heavy atom. The van der Waals surface area contributed by atoms with Gasteiger partial charge in [0.25, 0.3) is 5.56 Å². The number of cyclic esters (lactones) is 1. The van der Waals surface area contributed by atoms with Crippen LogP contribution in [0.5, 0.6) is 0 Å². The van der Waals surface area contributed by atoms with Gasteiger partial charge in [0.15, 0.2) is 0 Å². The van der Waals surface area contributed by atoms with Crippen LogP contribution in [0.1, 0.15) is 17.9 Å². The molecule has 2 amide bonds. The lowest BCUT2D eigenvalue weighted by Crippen LogP contribution is -2.29. The number of amides is 2. The van der Waals surface area contributed by atoms with Crippen LogP contribution < -0.4 is 21.1 Å². The third kappa shape index (κ3) is 3.94. The van der Waals surface area contributed by atoms with Crippen LogP contribution in [-0.4, -0.2) is 53.0 Å². The van der Waals surface area contributed by atoms with Crippen LogP contribution in [0.4, 0.5) is 20.8 Å². The van der Waals surface area contributed by atoms with E-state index in [1.807, 2.05) is 6.07 Å². The SMILES string of the molecule is O=C1CSc2ccc(N3C[C@H](CCNC[C@H]4Cn5c(=O)ccc6ccc(F)c4c65)OC3=O)nc2N1. The van der Waals surface area contributed by atoms with E-state index in [2.05, 4.69) is 15.6 Å². The van der Waals surface area contributed by atoms with E-state index in [4.69, 9.17) is 4.74 Å². The predicted octanol–water partition coefficient (Wildman–Crippen LogP) is 2.68. The van der Waals surface area contributed by atoms with E-state index < -0.39 is 6.09 Å². The van der Waals surface area contributed by atoms with Gasteiger partial charge in [0, 0.05) is 30.6 Å². The Bertz CT molecular complexity index is 1430. The van der Waals surface area contributed by atoms with Gasteiger partial charge in [0.2, 0.25) is 5.91 Å². The van der Waals surface area contributed by atoms with Crippen LogP contribution in [-0.2, 0) is 16.1 Å². The first kappa shape index (κ1) is 22.1. The first-order valence-corrected chi connectivity index (χ1v) is 12.4. The molecular formula is C24H22FN5O4S. The Labute approximate surface area is 203 Å². The van der Waals surface area contributed by atoms with Crippen molar-refractivity contribution in [1.29, 1.82) is 0 Å². The fourth-order valence-corrected chi connectivity index (χ4v) is 5.70. The fourth-order valence-electron chi connectivity index (χ4n) is 4.95. The fraction of sp³-hybridized carbons (Fsp3) is 0.333. The molecule has 11 heteroatoms. The number of hydrogen-bond acceptors (Lipinski definition) is 7. The van der Waals surface area contributed by atoms with E-state index in [1.165, 1.54) is 28.8 Å². The van der Waals surface area contributed by atoms with Gasteiger partial charge in [-0.25, -0.2) is 14.2 Å². The van der Waals surface area contributed by atoms with Crippen molar-refractivity contribution in [2.24, 2.45) is 0 Å². The molecule has 3 aromatic rings. The van der Waals surface area contributed by atoms with E-state index in [0.29, 0.717) is 61.1 Å². The Kier molecular flexibility index (Phi) is 5.45. The van der Waals surface area contributed by atoms with Crippen LogP contribution in [0.3, 0.4) is 0 Å². The molecule has 180 valence electrons. The number of halogens is 1. The van der Waals surface area contributed by atoms with Crippen molar-refractivity contribution in [3.8, 4) is 0 Å². The highest BCUT2D eigenvalue weighted by Crippen LogP contribution is 2.35. The molecule has 0 spiro atoms. The molecule has 2 N–H and O–H groups in total. The van der Waals surface area contributed by atoms with Crippen molar-refractivity contribution >= 4 is 46.3 Å². The minimum atomic E-state index is -0.475. The molecule has 2 atom stereocenters. The van der Waals surface area contributed by atoms with E-state index in [1.54, 1.807) is 22.8 Å². The van der Waals surface area contributed by atoms with E-state index in [0.717, 1.165) is 10.3 Å². The van der Waals surface area contributed by atoms with E-state index in [9.17, 15) is 18.8 Å². The summed E-state index contributed by atoms with van der Waals surface area (Å²) in [6.45, 7) is 1.86. The molecule has 35 heavy (non-hydrogen) atoms. The van der Waals surface area contributed by atoms with Crippen LogP contribution in [0, 0.1) is 5.82 Å². The van der Waals surface area contributed by atoms with Crippen molar-refractivity contribution in [3.63, 3.8) is 0 Å². The third-order valence-electron chi connectivity index (χ3n) is 6.59. The second kappa shape index (κ2) is 8.65. The molecule has 5 heterocycles. The molecule has 2 aromatic heterocycles. The number of nitrogens with zero attached hydrogens (tertiary/aromatic N) is 3. The largest absolute Gasteiger partial charge is 0.444 e. The zero-order valence-corrected chi connectivity index (χ0v) is 19.4. The highest BCUT2D eigenvalue weighted by atomic mass is 32.2. The number of aromatic nitrogens is 2. The van der Waals surface area contributed by atoms with Gasteiger partial charge < -0.3 is 19.9 Å². The van der Waals surface area contributed by atoms with Gasteiger partial charge in [0.05, 0.1) is 22.7 Å². The quantitative estimate of drug-likeness (QED) is 0.507. The van der Waals surface area contributed by atoms with E-state index in [-0.39, 0.29) is 29.3 Å². The van der Waals surface area contributed by atoms with Gasteiger partial charge in [-0.1, -0.05) is 0 Å². The summed E-state index contributed by atoms with van der Waals surface area (Å²) < 4.78 is 21.8. The van der Waals surface area contributed by atoms with Crippen molar-refractivity contribution in [2.75, 3.05) is 35.6 Å². The maximum atomic E-state index is 14.6. The molecule has 3 aliphatic heterocycles. The van der Waals surface area contributed by atoms with Gasteiger partial charge in [-0.05, 0) is 48.7 Å². The lowest BCUT2D eigenvalue weighted by molar-refractivity contribution is -0.113. The molecule has 1 fully saturated rings. The third-order valence-corrected chi connectivity index (χ3v) is 7.64. The molecule has 0 saturated carbocycles. The molecule has 9 nitrogen and oxygen atoms in total. The highest BCUT2D eigenvalue weighted by Gasteiger charge is 2.34. The molecule has 0 unspecified atom stereocenters. The van der Waals surface area contributed by atoms with Crippen molar-refractivity contribution < 1.29 is 18.7 Å². The molecule has 6 rings (SSSR count). The van der Waals surface area contributed by atoms with Gasteiger partial charge in [-0.3, -0.25) is 14.5 Å². The maximum absolute atomic E-state index is 14.6. The molecular weight excluding hydrogens is 473 g/mol. The topological polar surface area (TPSA) is 106 Å². The van der Waals surface area contributed by atoms with Crippen molar-refractivity contribution in [1.82, 2.24) is 14.9 Å². The number of benzene rings is 1. The van der Waals surface area contributed by atoms with Gasteiger partial charge in [-0.2, -0.15) is 0 Å². The monoisotopic (exact) mass is 495 g/mol. The number of ether oxygens (including phenoxy) is 1. The maximum Gasteiger partial charge on any atom is 0.415 e. The average molecular weight is 496 g/mol. The summed E-state index contributed by atoms with van der Waals surface area (Å²) in [5.74, 6) is 0.676. The summed E-state index contributed by atoms with van der Waals surface area (Å²) in [6.07, 6.45) is -0.219. The summed E-state index contributed by atoms with van der Waals surface area (Å²) in [5, 5.41) is 6.93. The number of fused-ring (bicyclic) bond motifs is 1. The number of pyridine rings is 2. The lowest BCUT2D eigenvalue weighted by Gasteiger charge is -2.18. The zero-order valence-electron chi connectivity index (χ0n) is 18.6. The molecule has 0 radical (unpaired) electrons. The van der Waals surface area contributed by atoms with Crippen molar-refractivity contribution in [3.05, 3.63) is 58.1 Å². The summed E-state index contributed by atoms with van der Waals surface area (Å²) in [6, 6.07) is 10.00. The first-order valence-electron chi connectivity index (χ1n) is 11.4. The molecule has 0 aliphatic carbocycles. The molecule has 1 aromatic carbocycles. The zero-order chi connectivity index (χ0) is 24.1. The Hall–Kier alpha value is -3.44. The number of rotatable bonds is 6. The summed E-state index contributed by atoms with van der Waals surface area (Å²) in [5.41, 5.74) is 1.13. The number of thioether (sulfide) groups is 1. The number of carbonyl (C=O) groups excluding carboxylic acids is 2. The van der Waals surface area contributed by atoms with Crippen LogP contribution in [0.15, 0.2) is 46.1 Å². The number of nitrogens with one attached hydrogen (secondary N) is 2. The lowest BCUT2D eigenvalue weighted by atomic mass is 9.99. The second-order valence-corrected chi connectivity index (χ2v) is 9.86. The second-order valence-electron chi connectivity index (χ2n) is 8.84. The van der Waals surface area contributed by atoms with Gasteiger partial charge >= 0.3 is 6.09 Å². The Morgan fingerprint density at radius 2 is 2.00 bits per heavy atom. The van der Waals surface area contributed by atoms with Crippen LogP contribution in [0.25, 0.3) is 10.9 Å². The Morgan fingerprint density at radius 3 is 2.89 bits per heavy atom. The number of hydrogen-bond donors (Lipinski definition) is 2. The first-order chi connectivity index (χ1) is 17.0.